The van der Waals surface area contributed by atoms with E-state index in [-0.39, 0.29) is 11.2 Å². The quantitative estimate of drug-likeness (QED) is 0.820. The van der Waals surface area contributed by atoms with E-state index in [0.717, 1.165) is 17.5 Å². The number of hydrogen-bond donors (Lipinski definition) is 1. The van der Waals surface area contributed by atoms with Crippen molar-refractivity contribution in [3.63, 3.8) is 0 Å². The molecule has 2 rings (SSSR count). The van der Waals surface area contributed by atoms with Gasteiger partial charge in [0.25, 0.3) is 0 Å². The Morgan fingerprint density at radius 3 is 2.23 bits per heavy atom. The SMILES string of the molecule is CC(CCN)c1ccc(F)c(-c2ccc(C(C)(C)C)cc2)c1. The van der Waals surface area contributed by atoms with Gasteiger partial charge in [-0.1, -0.05) is 58.0 Å². The molecule has 0 heterocycles. The zero-order chi connectivity index (χ0) is 16.3. The molecule has 0 saturated carbocycles. The molecule has 2 N–H and O–H groups in total. The fourth-order valence-corrected chi connectivity index (χ4v) is 2.64. The van der Waals surface area contributed by atoms with Gasteiger partial charge in [0.1, 0.15) is 5.82 Å². The fraction of sp³-hybridized carbons (Fsp3) is 0.400. The van der Waals surface area contributed by atoms with Crippen molar-refractivity contribution in [1.82, 2.24) is 0 Å². The predicted molar refractivity (Wildman–Crippen MR) is 92.6 cm³/mol. The molecule has 0 radical (unpaired) electrons. The van der Waals surface area contributed by atoms with E-state index < -0.39 is 0 Å². The topological polar surface area (TPSA) is 26.0 Å². The number of hydrogen-bond acceptors (Lipinski definition) is 1. The summed E-state index contributed by atoms with van der Waals surface area (Å²) in [6.07, 6.45) is 0.911. The highest BCUT2D eigenvalue weighted by Crippen LogP contribution is 2.30. The van der Waals surface area contributed by atoms with E-state index in [0.29, 0.717) is 18.0 Å². The average molecular weight is 299 g/mol. The van der Waals surface area contributed by atoms with Gasteiger partial charge in [-0.25, -0.2) is 4.39 Å². The van der Waals surface area contributed by atoms with Crippen LogP contribution >= 0.6 is 0 Å². The summed E-state index contributed by atoms with van der Waals surface area (Å²) in [6.45, 7) is 9.31. The molecule has 0 aliphatic carbocycles. The Morgan fingerprint density at radius 1 is 1.05 bits per heavy atom. The van der Waals surface area contributed by atoms with Crippen molar-refractivity contribution in [2.45, 2.75) is 45.4 Å². The third kappa shape index (κ3) is 3.75. The molecule has 0 aliphatic heterocycles. The third-order valence-corrected chi connectivity index (χ3v) is 4.22. The van der Waals surface area contributed by atoms with Crippen molar-refractivity contribution < 1.29 is 4.39 Å². The first kappa shape index (κ1) is 16.7. The molecule has 22 heavy (non-hydrogen) atoms. The van der Waals surface area contributed by atoms with Crippen molar-refractivity contribution >= 4 is 0 Å². The van der Waals surface area contributed by atoms with Crippen molar-refractivity contribution in [2.75, 3.05) is 6.54 Å². The molecule has 2 heteroatoms. The van der Waals surface area contributed by atoms with Gasteiger partial charge in [0.05, 0.1) is 0 Å². The highest BCUT2D eigenvalue weighted by molar-refractivity contribution is 5.65. The Morgan fingerprint density at radius 2 is 1.68 bits per heavy atom. The number of halogens is 1. The molecular formula is C20H26FN. The lowest BCUT2D eigenvalue weighted by Gasteiger charge is -2.19. The third-order valence-electron chi connectivity index (χ3n) is 4.22. The largest absolute Gasteiger partial charge is 0.330 e. The lowest BCUT2D eigenvalue weighted by molar-refractivity contribution is 0.590. The summed E-state index contributed by atoms with van der Waals surface area (Å²) in [4.78, 5) is 0. The standard InChI is InChI=1S/C20H26FN/c1-14(11-12-22)16-7-10-19(21)18(13-16)15-5-8-17(9-6-15)20(2,3)4/h5-10,13-14H,11-12,22H2,1-4H3. The monoisotopic (exact) mass is 299 g/mol. The van der Waals surface area contributed by atoms with Crippen LogP contribution in [-0.4, -0.2) is 6.54 Å². The maximum absolute atomic E-state index is 14.2. The molecule has 118 valence electrons. The van der Waals surface area contributed by atoms with Crippen LogP contribution in [0.5, 0.6) is 0 Å². The zero-order valence-corrected chi connectivity index (χ0v) is 14.0. The molecule has 0 aliphatic rings. The van der Waals surface area contributed by atoms with Gasteiger partial charge in [0.15, 0.2) is 0 Å². The van der Waals surface area contributed by atoms with Crippen molar-refractivity contribution in [3.8, 4) is 11.1 Å². The summed E-state index contributed by atoms with van der Waals surface area (Å²) < 4.78 is 14.2. The minimum absolute atomic E-state index is 0.106. The van der Waals surface area contributed by atoms with Crippen LogP contribution in [0, 0.1) is 5.82 Å². The highest BCUT2D eigenvalue weighted by atomic mass is 19.1. The van der Waals surface area contributed by atoms with Crippen LogP contribution in [-0.2, 0) is 5.41 Å². The van der Waals surface area contributed by atoms with Gasteiger partial charge in [-0.15, -0.1) is 0 Å². The molecule has 1 atom stereocenters. The Balaban J connectivity index is 2.37. The first-order valence-corrected chi connectivity index (χ1v) is 7.93. The molecule has 0 bridgehead atoms. The van der Waals surface area contributed by atoms with Crippen LogP contribution in [0.25, 0.3) is 11.1 Å². The van der Waals surface area contributed by atoms with Gasteiger partial charge < -0.3 is 5.73 Å². The summed E-state index contributed by atoms with van der Waals surface area (Å²) in [5.41, 5.74) is 9.72. The predicted octanol–water partition coefficient (Wildman–Crippen LogP) is 5.24. The summed E-state index contributed by atoms with van der Waals surface area (Å²) in [5.74, 6) is 0.172. The van der Waals surface area contributed by atoms with Crippen molar-refractivity contribution in [2.24, 2.45) is 5.73 Å². The first-order chi connectivity index (χ1) is 10.3. The van der Waals surface area contributed by atoms with E-state index in [9.17, 15) is 4.39 Å². The van der Waals surface area contributed by atoms with Crippen LogP contribution in [0.1, 0.15) is 51.2 Å². The van der Waals surface area contributed by atoms with E-state index in [4.69, 9.17) is 5.73 Å². The Hall–Kier alpha value is -1.67. The first-order valence-electron chi connectivity index (χ1n) is 7.93. The Labute approximate surface area is 133 Å². The second-order valence-corrected chi connectivity index (χ2v) is 7.05. The Bertz CT molecular complexity index is 623. The lowest BCUT2D eigenvalue weighted by atomic mass is 9.86. The molecule has 0 aromatic heterocycles. The number of rotatable bonds is 4. The zero-order valence-electron chi connectivity index (χ0n) is 14.0. The Kier molecular flexibility index (Phi) is 5.02. The van der Waals surface area contributed by atoms with E-state index in [1.54, 1.807) is 6.07 Å². The smallest absolute Gasteiger partial charge is 0.131 e. The number of benzene rings is 2. The van der Waals surface area contributed by atoms with Crippen LogP contribution in [0.15, 0.2) is 42.5 Å². The van der Waals surface area contributed by atoms with E-state index in [1.807, 2.05) is 24.3 Å². The average Bonchev–Trinajstić information content (AvgIpc) is 2.47. The molecule has 1 unspecified atom stereocenters. The van der Waals surface area contributed by atoms with Crippen molar-refractivity contribution in [1.29, 1.82) is 0 Å². The van der Waals surface area contributed by atoms with Crippen molar-refractivity contribution in [3.05, 3.63) is 59.4 Å². The normalized spacial score (nSPS) is 13.2. The van der Waals surface area contributed by atoms with Crippen LogP contribution in [0.2, 0.25) is 0 Å². The maximum Gasteiger partial charge on any atom is 0.131 e. The molecule has 0 amide bonds. The minimum atomic E-state index is -0.174. The summed E-state index contributed by atoms with van der Waals surface area (Å²) >= 11 is 0. The molecule has 0 saturated heterocycles. The number of nitrogens with two attached hydrogens (primary N) is 1. The molecule has 2 aromatic rings. The van der Waals surface area contributed by atoms with E-state index in [1.165, 1.54) is 5.56 Å². The molecule has 0 fully saturated rings. The summed E-state index contributed by atoms with van der Waals surface area (Å²) in [6, 6.07) is 13.6. The van der Waals surface area contributed by atoms with Crippen LogP contribution in [0.3, 0.4) is 0 Å². The second kappa shape index (κ2) is 6.62. The highest BCUT2D eigenvalue weighted by Gasteiger charge is 2.14. The van der Waals surface area contributed by atoms with Gasteiger partial charge in [-0.2, -0.15) is 0 Å². The summed E-state index contributed by atoms with van der Waals surface area (Å²) in [7, 11) is 0. The molecular weight excluding hydrogens is 273 g/mol. The van der Waals surface area contributed by atoms with E-state index in [2.05, 4.69) is 39.8 Å². The van der Waals surface area contributed by atoms with E-state index >= 15 is 0 Å². The van der Waals surface area contributed by atoms with Gasteiger partial charge in [0, 0.05) is 5.56 Å². The summed E-state index contributed by atoms with van der Waals surface area (Å²) in [5, 5.41) is 0. The van der Waals surface area contributed by atoms with Crippen LogP contribution in [0.4, 0.5) is 4.39 Å². The van der Waals surface area contributed by atoms with Gasteiger partial charge >= 0.3 is 0 Å². The minimum Gasteiger partial charge on any atom is -0.330 e. The molecule has 2 aromatic carbocycles. The lowest BCUT2D eigenvalue weighted by Crippen LogP contribution is -2.10. The van der Waals surface area contributed by atoms with Gasteiger partial charge in [-0.3, -0.25) is 0 Å². The second-order valence-electron chi connectivity index (χ2n) is 7.05. The maximum atomic E-state index is 14.2. The molecule has 1 nitrogen and oxygen atoms in total. The van der Waals surface area contributed by atoms with Gasteiger partial charge in [-0.05, 0) is 53.1 Å². The van der Waals surface area contributed by atoms with Crippen LogP contribution < -0.4 is 5.73 Å². The van der Waals surface area contributed by atoms with Gasteiger partial charge in [0.2, 0.25) is 0 Å². The fourth-order valence-electron chi connectivity index (χ4n) is 2.64. The molecule has 0 spiro atoms.